The summed E-state index contributed by atoms with van der Waals surface area (Å²) in [5.41, 5.74) is 0.393. The lowest BCUT2D eigenvalue weighted by Gasteiger charge is -2.32. The van der Waals surface area contributed by atoms with Gasteiger partial charge in [-0.25, -0.2) is 4.79 Å². The molecule has 1 aliphatic rings. The van der Waals surface area contributed by atoms with Crippen molar-refractivity contribution >= 4 is 39.4 Å². The van der Waals surface area contributed by atoms with Crippen molar-refractivity contribution in [3.63, 3.8) is 0 Å². The quantitative estimate of drug-likeness (QED) is 0.888. The Morgan fingerprint density at radius 2 is 2.21 bits per heavy atom. The molecule has 1 aliphatic heterocycles. The van der Waals surface area contributed by atoms with Crippen molar-refractivity contribution in [3.8, 4) is 0 Å². The van der Waals surface area contributed by atoms with Crippen LogP contribution >= 0.6 is 27.5 Å². The molecule has 0 aliphatic carbocycles. The summed E-state index contributed by atoms with van der Waals surface area (Å²) in [5.74, 6) is -1.41. The number of ether oxygens (including phenoxy) is 1. The molecular formula is C12H11BrClNO4. The summed E-state index contributed by atoms with van der Waals surface area (Å²) in [7, 11) is 0. The molecule has 1 fully saturated rings. The van der Waals surface area contributed by atoms with Crippen LogP contribution in [0.2, 0.25) is 5.02 Å². The summed E-state index contributed by atoms with van der Waals surface area (Å²) in [6.07, 6.45) is 0. The lowest BCUT2D eigenvalue weighted by atomic mass is 10.1. The molecule has 1 aromatic rings. The van der Waals surface area contributed by atoms with E-state index in [2.05, 4.69) is 15.9 Å². The highest BCUT2D eigenvalue weighted by atomic mass is 79.9. The smallest absolute Gasteiger partial charge is 0.328 e. The zero-order valence-corrected chi connectivity index (χ0v) is 12.1. The van der Waals surface area contributed by atoms with Gasteiger partial charge in [-0.2, -0.15) is 0 Å². The van der Waals surface area contributed by atoms with E-state index in [1.165, 1.54) is 4.90 Å². The molecule has 0 radical (unpaired) electrons. The lowest BCUT2D eigenvalue weighted by molar-refractivity contribution is -0.147. The van der Waals surface area contributed by atoms with E-state index < -0.39 is 12.0 Å². The van der Waals surface area contributed by atoms with Crippen LogP contribution in [0.5, 0.6) is 0 Å². The van der Waals surface area contributed by atoms with Gasteiger partial charge in [0.2, 0.25) is 0 Å². The molecule has 1 saturated heterocycles. The van der Waals surface area contributed by atoms with Crippen LogP contribution in [0.4, 0.5) is 0 Å². The van der Waals surface area contributed by atoms with Crippen LogP contribution < -0.4 is 0 Å². The van der Waals surface area contributed by atoms with E-state index in [-0.39, 0.29) is 19.1 Å². The van der Waals surface area contributed by atoms with Crippen molar-refractivity contribution in [2.24, 2.45) is 0 Å². The molecule has 1 heterocycles. The first-order chi connectivity index (χ1) is 9.00. The molecule has 19 heavy (non-hydrogen) atoms. The number of nitrogens with zero attached hydrogens (tertiary/aromatic N) is 1. The van der Waals surface area contributed by atoms with Gasteiger partial charge in [-0.15, -0.1) is 0 Å². The van der Waals surface area contributed by atoms with Gasteiger partial charge in [0.15, 0.2) is 6.04 Å². The fourth-order valence-electron chi connectivity index (χ4n) is 1.85. The molecule has 5 nitrogen and oxygen atoms in total. The van der Waals surface area contributed by atoms with Crippen molar-refractivity contribution in [3.05, 3.63) is 33.3 Å². The zero-order chi connectivity index (χ0) is 14.0. The number of carbonyl (C=O) groups is 2. The molecule has 2 rings (SSSR count). The third kappa shape index (κ3) is 3.08. The molecule has 1 N–H and O–H groups in total. The maximum Gasteiger partial charge on any atom is 0.328 e. The van der Waals surface area contributed by atoms with E-state index in [0.717, 1.165) is 0 Å². The highest BCUT2D eigenvalue weighted by Gasteiger charge is 2.33. The Labute approximate surface area is 123 Å². The maximum atomic E-state index is 12.3. The number of carboxylic acid groups (broad SMARTS) is 1. The van der Waals surface area contributed by atoms with Gasteiger partial charge >= 0.3 is 5.97 Å². The summed E-state index contributed by atoms with van der Waals surface area (Å²) in [6, 6.07) is 3.80. The van der Waals surface area contributed by atoms with Gasteiger partial charge in [0.1, 0.15) is 0 Å². The molecule has 0 bridgehead atoms. The second-order valence-corrected chi connectivity index (χ2v) is 5.32. The molecule has 1 aromatic carbocycles. The predicted octanol–water partition coefficient (Wildman–Crippen LogP) is 2.03. The topological polar surface area (TPSA) is 66.8 Å². The van der Waals surface area contributed by atoms with Crippen LogP contribution in [0, 0.1) is 0 Å². The Bertz CT molecular complexity index is 522. The SMILES string of the molecule is O=C(O)C1COCCN1C(=O)c1ccc(Cl)c(Br)c1. The Balaban J connectivity index is 2.26. The zero-order valence-electron chi connectivity index (χ0n) is 9.81. The first-order valence-electron chi connectivity index (χ1n) is 5.57. The van der Waals surface area contributed by atoms with Crippen molar-refractivity contribution < 1.29 is 19.4 Å². The molecule has 1 unspecified atom stereocenters. The fourth-order valence-corrected chi connectivity index (χ4v) is 2.34. The van der Waals surface area contributed by atoms with Gasteiger partial charge in [-0.3, -0.25) is 4.79 Å². The fraction of sp³-hybridized carbons (Fsp3) is 0.333. The minimum atomic E-state index is -1.07. The molecule has 1 amide bonds. The van der Waals surface area contributed by atoms with E-state index in [1.54, 1.807) is 18.2 Å². The van der Waals surface area contributed by atoms with Gasteiger partial charge < -0.3 is 14.7 Å². The summed E-state index contributed by atoms with van der Waals surface area (Å²) in [4.78, 5) is 24.7. The van der Waals surface area contributed by atoms with Crippen LogP contribution in [-0.4, -0.2) is 47.7 Å². The van der Waals surface area contributed by atoms with Crippen LogP contribution in [-0.2, 0) is 9.53 Å². The highest BCUT2D eigenvalue weighted by molar-refractivity contribution is 9.10. The van der Waals surface area contributed by atoms with E-state index in [4.69, 9.17) is 21.4 Å². The van der Waals surface area contributed by atoms with Crippen LogP contribution in [0.25, 0.3) is 0 Å². The minimum absolute atomic E-state index is 0.00975. The largest absolute Gasteiger partial charge is 0.480 e. The molecule has 102 valence electrons. The number of carbonyl (C=O) groups excluding carboxylic acids is 1. The Morgan fingerprint density at radius 3 is 2.84 bits per heavy atom. The summed E-state index contributed by atoms with van der Waals surface area (Å²) in [6.45, 7) is 0.607. The molecule has 7 heteroatoms. The number of rotatable bonds is 2. The minimum Gasteiger partial charge on any atom is -0.480 e. The van der Waals surface area contributed by atoms with E-state index >= 15 is 0 Å². The average Bonchev–Trinajstić information content (AvgIpc) is 2.41. The third-order valence-corrected chi connectivity index (χ3v) is 4.05. The Hall–Kier alpha value is -1.11. The summed E-state index contributed by atoms with van der Waals surface area (Å²) >= 11 is 9.10. The highest BCUT2D eigenvalue weighted by Crippen LogP contribution is 2.24. The summed E-state index contributed by atoms with van der Waals surface area (Å²) in [5, 5.41) is 9.59. The van der Waals surface area contributed by atoms with Gasteiger partial charge in [0, 0.05) is 16.6 Å². The van der Waals surface area contributed by atoms with Gasteiger partial charge in [0.05, 0.1) is 18.2 Å². The second-order valence-electron chi connectivity index (χ2n) is 4.06. The first kappa shape index (κ1) is 14.3. The number of halogens is 2. The number of morpholine rings is 1. The van der Waals surface area contributed by atoms with Crippen molar-refractivity contribution in [2.45, 2.75) is 6.04 Å². The number of amides is 1. The van der Waals surface area contributed by atoms with E-state index in [1.807, 2.05) is 0 Å². The normalized spacial score (nSPS) is 19.3. The van der Waals surface area contributed by atoms with Gasteiger partial charge in [0.25, 0.3) is 5.91 Å². The van der Waals surface area contributed by atoms with Crippen LogP contribution in [0.15, 0.2) is 22.7 Å². The Morgan fingerprint density at radius 1 is 1.47 bits per heavy atom. The first-order valence-corrected chi connectivity index (χ1v) is 6.74. The van der Waals surface area contributed by atoms with Crippen LogP contribution in [0.3, 0.4) is 0 Å². The molecular weight excluding hydrogens is 337 g/mol. The number of hydrogen-bond donors (Lipinski definition) is 1. The monoisotopic (exact) mass is 347 g/mol. The van der Waals surface area contributed by atoms with Crippen LogP contribution in [0.1, 0.15) is 10.4 Å². The van der Waals surface area contributed by atoms with E-state index in [9.17, 15) is 9.59 Å². The summed E-state index contributed by atoms with van der Waals surface area (Å²) < 4.78 is 5.69. The van der Waals surface area contributed by atoms with Crippen molar-refractivity contribution in [1.29, 1.82) is 0 Å². The molecule has 0 aromatic heterocycles. The standard InChI is InChI=1S/C12H11BrClNO4/c13-8-5-7(1-2-9(8)14)11(16)15-3-4-19-6-10(15)12(17)18/h1-2,5,10H,3-4,6H2,(H,17,18). The third-order valence-electron chi connectivity index (χ3n) is 2.84. The number of carboxylic acids is 1. The number of benzene rings is 1. The van der Waals surface area contributed by atoms with Crippen molar-refractivity contribution in [2.75, 3.05) is 19.8 Å². The predicted molar refractivity (Wildman–Crippen MR) is 72.4 cm³/mol. The van der Waals surface area contributed by atoms with Gasteiger partial charge in [-0.1, -0.05) is 11.6 Å². The molecule has 1 atom stereocenters. The average molecular weight is 349 g/mol. The molecule has 0 saturated carbocycles. The van der Waals surface area contributed by atoms with E-state index in [0.29, 0.717) is 21.7 Å². The molecule has 0 spiro atoms. The number of aliphatic carboxylic acids is 1. The van der Waals surface area contributed by atoms with Gasteiger partial charge in [-0.05, 0) is 34.1 Å². The second kappa shape index (κ2) is 5.90. The Kier molecular flexibility index (Phi) is 4.44. The maximum absolute atomic E-state index is 12.3. The van der Waals surface area contributed by atoms with Crippen molar-refractivity contribution in [1.82, 2.24) is 4.90 Å². The lowest BCUT2D eigenvalue weighted by Crippen LogP contribution is -2.52. The number of hydrogen-bond acceptors (Lipinski definition) is 3.